The van der Waals surface area contributed by atoms with Crippen molar-refractivity contribution in [2.75, 3.05) is 13.7 Å². The van der Waals surface area contributed by atoms with E-state index in [4.69, 9.17) is 9.47 Å². The summed E-state index contributed by atoms with van der Waals surface area (Å²) in [6.45, 7) is 0.528. The molecule has 0 amide bonds. The second-order valence-electron chi connectivity index (χ2n) is 3.94. The Morgan fingerprint density at radius 1 is 1.26 bits per heavy atom. The summed E-state index contributed by atoms with van der Waals surface area (Å²) in [5, 5.41) is 0. The van der Waals surface area contributed by atoms with Gasteiger partial charge in [0.2, 0.25) is 0 Å². The minimum atomic E-state index is 0.513. The zero-order chi connectivity index (χ0) is 13.5. The van der Waals surface area contributed by atoms with E-state index in [1.54, 1.807) is 24.4 Å². The van der Waals surface area contributed by atoms with Crippen LogP contribution in [0.1, 0.15) is 16.1 Å². The molecule has 0 saturated carbocycles. The van der Waals surface area contributed by atoms with Crippen LogP contribution in [0.15, 0.2) is 42.6 Å². The average Bonchev–Trinajstić information content (AvgIpc) is 2.48. The third-order valence-electron chi connectivity index (χ3n) is 2.68. The van der Waals surface area contributed by atoms with Crippen LogP contribution in [0.25, 0.3) is 0 Å². The third kappa shape index (κ3) is 3.55. The summed E-state index contributed by atoms with van der Waals surface area (Å²) in [7, 11) is 1.53. The molecule has 2 aromatic rings. The lowest BCUT2D eigenvalue weighted by atomic mass is 10.2. The Hall–Kier alpha value is -2.36. The van der Waals surface area contributed by atoms with Crippen LogP contribution in [-0.4, -0.2) is 25.0 Å². The minimum Gasteiger partial charge on any atom is -0.496 e. The van der Waals surface area contributed by atoms with Gasteiger partial charge < -0.3 is 9.47 Å². The zero-order valence-corrected chi connectivity index (χ0v) is 10.7. The topological polar surface area (TPSA) is 48.4 Å². The Kier molecular flexibility index (Phi) is 4.50. The van der Waals surface area contributed by atoms with E-state index < -0.39 is 0 Å². The molecular formula is C15H15NO3. The maximum Gasteiger partial charge on any atom is 0.153 e. The summed E-state index contributed by atoms with van der Waals surface area (Å²) < 4.78 is 10.7. The molecule has 1 aromatic heterocycles. The van der Waals surface area contributed by atoms with Crippen LogP contribution in [0, 0.1) is 0 Å². The quantitative estimate of drug-likeness (QED) is 0.746. The van der Waals surface area contributed by atoms with Gasteiger partial charge in [-0.25, -0.2) is 0 Å². The summed E-state index contributed by atoms with van der Waals surface area (Å²) in [4.78, 5) is 15.0. The van der Waals surface area contributed by atoms with E-state index in [1.807, 2.05) is 18.2 Å². The van der Waals surface area contributed by atoms with Crippen molar-refractivity contribution in [3.63, 3.8) is 0 Å². The summed E-state index contributed by atoms with van der Waals surface area (Å²) in [5.41, 5.74) is 1.50. The van der Waals surface area contributed by atoms with Crippen molar-refractivity contribution in [2.24, 2.45) is 0 Å². The van der Waals surface area contributed by atoms with E-state index in [0.717, 1.165) is 18.4 Å². The van der Waals surface area contributed by atoms with Crippen LogP contribution in [0.2, 0.25) is 0 Å². The first-order valence-corrected chi connectivity index (χ1v) is 5.99. The Morgan fingerprint density at radius 2 is 2.16 bits per heavy atom. The van der Waals surface area contributed by atoms with Gasteiger partial charge in [-0.2, -0.15) is 0 Å². The fourth-order valence-electron chi connectivity index (χ4n) is 1.70. The van der Waals surface area contributed by atoms with Crippen molar-refractivity contribution in [2.45, 2.75) is 6.42 Å². The highest BCUT2D eigenvalue weighted by atomic mass is 16.5. The first-order valence-electron chi connectivity index (χ1n) is 5.99. The molecule has 0 atom stereocenters. The number of aldehydes is 1. The van der Waals surface area contributed by atoms with Gasteiger partial charge in [-0.15, -0.1) is 0 Å². The number of hydrogen-bond donors (Lipinski definition) is 0. The largest absolute Gasteiger partial charge is 0.496 e. The molecule has 1 aromatic carbocycles. The lowest BCUT2D eigenvalue weighted by Crippen LogP contribution is -2.03. The lowest BCUT2D eigenvalue weighted by Gasteiger charge is -2.09. The van der Waals surface area contributed by atoms with Crippen molar-refractivity contribution in [3.8, 4) is 11.5 Å². The fourth-order valence-corrected chi connectivity index (χ4v) is 1.70. The Labute approximate surface area is 112 Å². The number of ether oxygens (including phenoxy) is 2. The molecule has 0 unspecified atom stereocenters. The van der Waals surface area contributed by atoms with E-state index in [1.165, 1.54) is 7.11 Å². The number of nitrogens with zero attached hydrogens (tertiary/aromatic N) is 1. The Morgan fingerprint density at radius 3 is 2.84 bits per heavy atom. The highest BCUT2D eigenvalue weighted by Crippen LogP contribution is 2.23. The number of methoxy groups -OCH3 is 1. The first-order chi connectivity index (χ1) is 9.33. The monoisotopic (exact) mass is 257 g/mol. The summed E-state index contributed by atoms with van der Waals surface area (Å²) in [6, 6.07) is 10.9. The van der Waals surface area contributed by atoms with Crippen LogP contribution in [0.5, 0.6) is 11.5 Å². The predicted molar refractivity (Wildman–Crippen MR) is 71.8 cm³/mol. The highest BCUT2D eigenvalue weighted by molar-refractivity contribution is 5.79. The van der Waals surface area contributed by atoms with Crippen molar-refractivity contribution in [3.05, 3.63) is 53.9 Å². The number of carbonyl (C=O) groups is 1. The van der Waals surface area contributed by atoms with Crippen LogP contribution in [-0.2, 0) is 6.42 Å². The standard InChI is InChI=1S/C15H15NO3/c1-18-15-10-14(6-5-12(15)11-17)19-9-7-13-4-2-3-8-16-13/h2-6,8,10-11H,7,9H2,1H3. The van der Waals surface area contributed by atoms with Gasteiger partial charge >= 0.3 is 0 Å². The second kappa shape index (κ2) is 6.54. The van der Waals surface area contributed by atoms with E-state index in [9.17, 15) is 4.79 Å². The second-order valence-corrected chi connectivity index (χ2v) is 3.94. The maximum atomic E-state index is 10.8. The molecule has 4 heteroatoms. The zero-order valence-electron chi connectivity index (χ0n) is 10.7. The van der Waals surface area contributed by atoms with Crippen LogP contribution < -0.4 is 9.47 Å². The molecule has 0 radical (unpaired) electrons. The third-order valence-corrected chi connectivity index (χ3v) is 2.68. The van der Waals surface area contributed by atoms with Crippen molar-refractivity contribution >= 4 is 6.29 Å². The molecule has 0 aliphatic heterocycles. The fraction of sp³-hybridized carbons (Fsp3) is 0.200. The molecule has 2 rings (SSSR count). The van der Waals surface area contributed by atoms with Gasteiger partial charge in [-0.1, -0.05) is 6.07 Å². The molecule has 0 aliphatic carbocycles. The summed E-state index contributed by atoms with van der Waals surface area (Å²) in [5.74, 6) is 1.20. The summed E-state index contributed by atoms with van der Waals surface area (Å²) in [6.07, 6.45) is 3.26. The van der Waals surface area contributed by atoms with Crippen LogP contribution >= 0.6 is 0 Å². The molecule has 98 valence electrons. The molecule has 4 nitrogen and oxygen atoms in total. The number of carbonyl (C=O) groups excluding carboxylic acids is 1. The van der Waals surface area contributed by atoms with Gasteiger partial charge in [0.1, 0.15) is 11.5 Å². The Bertz CT molecular complexity index is 540. The summed E-state index contributed by atoms with van der Waals surface area (Å²) >= 11 is 0. The smallest absolute Gasteiger partial charge is 0.153 e. The molecule has 0 bridgehead atoms. The van der Waals surface area contributed by atoms with Crippen molar-refractivity contribution in [1.29, 1.82) is 0 Å². The minimum absolute atomic E-state index is 0.513. The number of rotatable bonds is 6. The molecule has 1 heterocycles. The van der Waals surface area contributed by atoms with Crippen molar-refractivity contribution < 1.29 is 14.3 Å². The van der Waals surface area contributed by atoms with Crippen LogP contribution in [0.3, 0.4) is 0 Å². The predicted octanol–water partition coefficient (Wildman–Crippen LogP) is 2.52. The molecule has 0 saturated heterocycles. The molecule has 0 spiro atoms. The maximum absolute atomic E-state index is 10.8. The van der Waals surface area contributed by atoms with Crippen molar-refractivity contribution in [1.82, 2.24) is 4.98 Å². The average molecular weight is 257 g/mol. The molecular weight excluding hydrogens is 242 g/mol. The normalized spacial score (nSPS) is 9.95. The van der Waals surface area contributed by atoms with Gasteiger partial charge in [0, 0.05) is 24.4 Å². The first kappa shape index (κ1) is 13.1. The number of aromatic nitrogens is 1. The van der Waals surface area contributed by atoms with E-state index in [-0.39, 0.29) is 0 Å². The van der Waals surface area contributed by atoms with Gasteiger partial charge in [-0.05, 0) is 24.3 Å². The number of pyridine rings is 1. The van der Waals surface area contributed by atoms with Gasteiger partial charge in [0.05, 0.1) is 19.3 Å². The molecule has 0 fully saturated rings. The van der Waals surface area contributed by atoms with E-state index >= 15 is 0 Å². The Balaban J connectivity index is 1.94. The van der Waals surface area contributed by atoms with Crippen LogP contribution in [0.4, 0.5) is 0 Å². The van der Waals surface area contributed by atoms with Gasteiger partial charge in [0.15, 0.2) is 6.29 Å². The number of benzene rings is 1. The van der Waals surface area contributed by atoms with E-state index in [2.05, 4.69) is 4.98 Å². The van der Waals surface area contributed by atoms with E-state index in [0.29, 0.717) is 23.7 Å². The van der Waals surface area contributed by atoms with Gasteiger partial charge in [-0.3, -0.25) is 9.78 Å². The SMILES string of the molecule is COc1cc(OCCc2ccccn2)ccc1C=O. The van der Waals surface area contributed by atoms with Gasteiger partial charge in [0.25, 0.3) is 0 Å². The lowest BCUT2D eigenvalue weighted by molar-refractivity contribution is 0.112. The highest BCUT2D eigenvalue weighted by Gasteiger charge is 2.04. The number of hydrogen-bond acceptors (Lipinski definition) is 4. The molecule has 19 heavy (non-hydrogen) atoms. The molecule has 0 N–H and O–H groups in total. The molecule has 0 aliphatic rings.